The maximum atomic E-state index is 7.32. The van der Waals surface area contributed by atoms with Gasteiger partial charge in [0.05, 0.1) is 6.07 Å². The van der Waals surface area contributed by atoms with Crippen LogP contribution in [0.25, 0.3) is 0 Å². The van der Waals surface area contributed by atoms with Crippen molar-refractivity contribution < 1.29 is 0 Å². The maximum Gasteiger partial charge on any atom is 0.0587 e. The molecule has 2 aromatic rings. The van der Waals surface area contributed by atoms with E-state index in [1.807, 2.05) is 0 Å². The van der Waals surface area contributed by atoms with Gasteiger partial charge in [0.25, 0.3) is 0 Å². The number of alkyl halides is 2. The summed E-state index contributed by atoms with van der Waals surface area (Å²) in [4.78, 5) is 2.49. The summed E-state index contributed by atoms with van der Waals surface area (Å²) in [6.07, 6.45) is 6.75. The highest BCUT2D eigenvalue weighted by Crippen LogP contribution is 2.39. The van der Waals surface area contributed by atoms with Gasteiger partial charge in [-0.1, -0.05) is 67.9 Å². The third-order valence-corrected chi connectivity index (χ3v) is 7.22. The molecule has 0 spiro atoms. The summed E-state index contributed by atoms with van der Waals surface area (Å²) in [6.45, 7) is 4.73. The molecule has 2 nitrogen and oxygen atoms in total. The number of halogens is 2. The topological polar surface area (TPSA) is 27.0 Å². The predicted molar refractivity (Wildman–Crippen MR) is 134 cm³/mol. The fourth-order valence-corrected chi connectivity index (χ4v) is 5.51. The van der Waals surface area contributed by atoms with E-state index in [0.717, 1.165) is 32.2 Å². The van der Waals surface area contributed by atoms with Crippen LogP contribution >= 0.6 is 23.2 Å². The van der Waals surface area contributed by atoms with Gasteiger partial charge in [-0.05, 0) is 55.8 Å². The standard InChI is InChI=1S/C25H33Cl2N.C2H3N/c1-3-22(28(2)18-20-8-5-4-6-9-20)17-14-19-12-15-21(16-13-19)25-23(26)10-7-11-24(25)27;1-2-3/h4-6,8-9,12-13,15-16,22-25H,3,7,10-11,14,17-18H2,1-2H3;1H3. The van der Waals surface area contributed by atoms with Crippen molar-refractivity contribution in [3.63, 3.8) is 0 Å². The first kappa shape index (κ1) is 25.7. The molecule has 0 aromatic heterocycles. The van der Waals surface area contributed by atoms with Gasteiger partial charge < -0.3 is 0 Å². The number of hydrogen-bond donors (Lipinski definition) is 0. The Balaban J connectivity index is 0.00000107. The first-order valence-electron chi connectivity index (χ1n) is 11.4. The summed E-state index contributed by atoms with van der Waals surface area (Å²) >= 11 is 13.2. The molecule has 0 amide bonds. The minimum atomic E-state index is 0.165. The lowest BCUT2D eigenvalue weighted by Gasteiger charge is -2.32. The molecule has 0 N–H and O–H groups in total. The van der Waals surface area contributed by atoms with Crippen LogP contribution in [0.1, 0.15) is 68.6 Å². The second-order valence-corrected chi connectivity index (χ2v) is 9.58. The number of nitrogens with zero attached hydrogens (tertiary/aromatic N) is 2. The van der Waals surface area contributed by atoms with E-state index in [1.165, 1.54) is 36.5 Å². The van der Waals surface area contributed by atoms with Crippen LogP contribution in [0.4, 0.5) is 0 Å². The van der Waals surface area contributed by atoms with Gasteiger partial charge in [0.1, 0.15) is 0 Å². The monoisotopic (exact) mass is 458 g/mol. The molecular weight excluding hydrogens is 423 g/mol. The molecule has 0 radical (unpaired) electrons. The Morgan fingerprint density at radius 2 is 1.58 bits per heavy atom. The van der Waals surface area contributed by atoms with Crippen LogP contribution in [0.5, 0.6) is 0 Å². The summed E-state index contributed by atoms with van der Waals surface area (Å²) in [5.74, 6) is 0.284. The Bertz CT molecular complexity index is 775. The van der Waals surface area contributed by atoms with Crippen molar-refractivity contribution >= 4 is 23.2 Å². The Morgan fingerprint density at radius 1 is 1.00 bits per heavy atom. The van der Waals surface area contributed by atoms with Gasteiger partial charge in [-0.2, -0.15) is 5.26 Å². The molecule has 168 valence electrons. The van der Waals surface area contributed by atoms with E-state index in [-0.39, 0.29) is 16.7 Å². The summed E-state index contributed by atoms with van der Waals surface area (Å²) in [5, 5.41) is 7.65. The van der Waals surface area contributed by atoms with Crippen molar-refractivity contribution in [2.24, 2.45) is 0 Å². The molecule has 3 atom stereocenters. The van der Waals surface area contributed by atoms with Crippen LogP contribution in [0.3, 0.4) is 0 Å². The Labute approximate surface area is 199 Å². The third kappa shape index (κ3) is 8.15. The van der Waals surface area contributed by atoms with Gasteiger partial charge in [0.15, 0.2) is 0 Å². The number of rotatable bonds is 8. The predicted octanol–water partition coefficient (Wildman–Crippen LogP) is 7.54. The van der Waals surface area contributed by atoms with Crippen LogP contribution < -0.4 is 0 Å². The molecule has 4 heteroatoms. The van der Waals surface area contributed by atoms with E-state index >= 15 is 0 Å². The Kier molecular flexibility index (Phi) is 11.4. The van der Waals surface area contributed by atoms with Gasteiger partial charge >= 0.3 is 0 Å². The number of nitriles is 1. The lowest BCUT2D eigenvalue weighted by atomic mass is 9.83. The van der Waals surface area contributed by atoms with E-state index < -0.39 is 0 Å². The highest BCUT2D eigenvalue weighted by Gasteiger charge is 2.32. The lowest BCUT2D eigenvalue weighted by Crippen LogP contribution is -2.31. The minimum absolute atomic E-state index is 0.165. The fraction of sp³-hybridized carbons (Fsp3) is 0.519. The summed E-state index contributed by atoms with van der Waals surface area (Å²) < 4.78 is 0. The minimum Gasteiger partial charge on any atom is -0.299 e. The molecule has 1 fully saturated rings. The SMILES string of the molecule is CC#N.CCC(CCc1ccc(C2C(Cl)CCCC2Cl)cc1)N(C)Cc1ccccc1. The van der Waals surface area contributed by atoms with Gasteiger partial charge in [-0.15, -0.1) is 23.2 Å². The maximum absolute atomic E-state index is 7.32. The zero-order chi connectivity index (χ0) is 22.6. The van der Waals surface area contributed by atoms with Crippen LogP contribution in [-0.4, -0.2) is 28.7 Å². The second-order valence-electron chi connectivity index (χ2n) is 8.46. The number of aryl methyl sites for hydroxylation is 1. The van der Waals surface area contributed by atoms with E-state index in [1.54, 1.807) is 6.07 Å². The molecular formula is C27H36Cl2N2. The molecule has 1 aliphatic carbocycles. The Hall–Kier alpha value is -1.53. The van der Waals surface area contributed by atoms with Crippen LogP contribution in [-0.2, 0) is 13.0 Å². The van der Waals surface area contributed by atoms with Crippen LogP contribution in [0, 0.1) is 11.3 Å². The highest BCUT2D eigenvalue weighted by molar-refractivity contribution is 6.24. The first-order chi connectivity index (χ1) is 15.0. The second kappa shape index (κ2) is 13.8. The van der Waals surface area contributed by atoms with E-state index in [0.29, 0.717) is 6.04 Å². The Morgan fingerprint density at radius 3 is 2.13 bits per heavy atom. The molecule has 3 rings (SSSR count). The van der Waals surface area contributed by atoms with E-state index in [4.69, 9.17) is 28.5 Å². The largest absolute Gasteiger partial charge is 0.299 e. The lowest BCUT2D eigenvalue weighted by molar-refractivity contribution is 0.216. The molecule has 0 saturated heterocycles. The fourth-order valence-electron chi connectivity index (χ4n) is 4.49. The van der Waals surface area contributed by atoms with Crippen molar-refractivity contribution in [1.29, 1.82) is 5.26 Å². The average Bonchev–Trinajstić information content (AvgIpc) is 2.76. The molecule has 0 heterocycles. The summed E-state index contributed by atoms with van der Waals surface area (Å²) in [7, 11) is 2.24. The smallest absolute Gasteiger partial charge is 0.0587 e. The molecule has 0 aliphatic heterocycles. The van der Waals surface area contributed by atoms with Gasteiger partial charge in [-0.25, -0.2) is 0 Å². The van der Waals surface area contributed by atoms with Crippen LogP contribution in [0.15, 0.2) is 54.6 Å². The zero-order valence-electron chi connectivity index (χ0n) is 19.1. The molecule has 3 unspecified atom stereocenters. The van der Waals surface area contributed by atoms with Crippen molar-refractivity contribution in [1.82, 2.24) is 4.90 Å². The molecule has 2 aromatic carbocycles. The third-order valence-electron chi connectivity index (χ3n) is 6.24. The zero-order valence-corrected chi connectivity index (χ0v) is 20.6. The number of benzene rings is 2. The summed E-state index contributed by atoms with van der Waals surface area (Å²) in [5.41, 5.74) is 4.09. The molecule has 1 saturated carbocycles. The van der Waals surface area contributed by atoms with E-state index in [2.05, 4.69) is 73.5 Å². The quantitative estimate of drug-likeness (QED) is 0.381. The van der Waals surface area contributed by atoms with Crippen LogP contribution in [0.2, 0.25) is 0 Å². The average molecular weight is 460 g/mol. The number of hydrogen-bond acceptors (Lipinski definition) is 2. The van der Waals surface area contributed by atoms with Gasteiger partial charge in [0, 0.05) is 36.2 Å². The van der Waals surface area contributed by atoms with Crippen molar-refractivity contribution in [3.05, 3.63) is 71.3 Å². The first-order valence-corrected chi connectivity index (χ1v) is 12.3. The van der Waals surface area contributed by atoms with Crippen molar-refractivity contribution in [2.75, 3.05) is 7.05 Å². The van der Waals surface area contributed by atoms with Gasteiger partial charge in [-0.3, -0.25) is 4.90 Å². The van der Waals surface area contributed by atoms with E-state index in [9.17, 15) is 0 Å². The molecule has 31 heavy (non-hydrogen) atoms. The van der Waals surface area contributed by atoms with Gasteiger partial charge in [0.2, 0.25) is 0 Å². The molecule has 1 aliphatic rings. The van der Waals surface area contributed by atoms with Crippen molar-refractivity contribution in [2.45, 2.75) is 81.6 Å². The molecule has 0 bridgehead atoms. The highest BCUT2D eigenvalue weighted by atomic mass is 35.5. The normalized spacial score (nSPS) is 21.6. The summed E-state index contributed by atoms with van der Waals surface area (Å²) in [6, 6.07) is 22.2. The van der Waals surface area contributed by atoms with Crippen molar-refractivity contribution in [3.8, 4) is 6.07 Å².